The monoisotopic (exact) mass is 340 g/mol. The third-order valence-corrected chi connectivity index (χ3v) is 3.88. The van der Waals surface area contributed by atoms with Gasteiger partial charge in [-0.2, -0.15) is 0 Å². The summed E-state index contributed by atoms with van der Waals surface area (Å²) < 4.78 is 0. The van der Waals surface area contributed by atoms with E-state index in [0.29, 0.717) is 16.7 Å². The Morgan fingerprint density at radius 1 is 1.00 bits per heavy atom. The van der Waals surface area contributed by atoms with E-state index in [4.69, 9.17) is 0 Å². The molecule has 1 unspecified atom stereocenters. The first-order chi connectivity index (χ1) is 12.0. The lowest BCUT2D eigenvalue weighted by Gasteiger charge is -2.18. The van der Waals surface area contributed by atoms with Crippen LogP contribution in [0.25, 0.3) is 5.57 Å². The summed E-state index contributed by atoms with van der Waals surface area (Å²) in [7, 11) is 0. The molecule has 5 N–H and O–H groups in total. The zero-order valence-electron chi connectivity index (χ0n) is 13.1. The Morgan fingerprint density at radius 3 is 2.44 bits per heavy atom. The van der Waals surface area contributed by atoms with Gasteiger partial charge in [-0.3, -0.25) is 14.9 Å². The van der Waals surface area contributed by atoms with E-state index in [9.17, 15) is 24.9 Å². The summed E-state index contributed by atoms with van der Waals surface area (Å²) >= 11 is 0. The molecule has 0 aromatic heterocycles. The topological polar surface area (TPSA) is 119 Å². The summed E-state index contributed by atoms with van der Waals surface area (Å²) in [6, 6.07) is 10.8. The first kappa shape index (κ1) is 16.5. The number of hydrogen-bond acceptors (Lipinski definition) is 6. The summed E-state index contributed by atoms with van der Waals surface area (Å²) in [5, 5.41) is 34.0. The Kier molecular flexibility index (Phi) is 4.40. The summed E-state index contributed by atoms with van der Waals surface area (Å²) in [4.78, 5) is 23.8. The SMILES string of the molecule is O=C1NC(=O)c2ccccc2/C1=C/NCC(O)c1ccc(O)c(O)c1. The third kappa shape index (κ3) is 3.31. The van der Waals surface area contributed by atoms with E-state index >= 15 is 0 Å². The lowest BCUT2D eigenvalue weighted by Crippen LogP contribution is -2.37. The van der Waals surface area contributed by atoms with Crippen LogP contribution in [0.5, 0.6) is 11.5 Å². The van der Waals surface area contributed by atoms with Crippen LogP contribution in [0.1, 0.15) is 27.6 Å². The molecule has 2 amide bonds. The lowest BCUT2D eigenvalue weighted by molar-refractivity contribution is -0.114. The van der Waals surface area contributed by atoms with E-state index in [1.807, 2.05) is 0 Å². The quantitative estimate of drug-likeness (QED) is 0.322. The highest BCUT2D eigenvalue weighted by molar-refractivity contribution is 6.30. The molecular weight excluding hydrogens is 324 g/mol. The van der Waals surface area contributed by atoms with E-state index in [-0.39, 0.29) is 23.6 Å². The molecule has 1 atom stereocenters. The van der Waals surface area contributed by atoms with Gasteiger partial charge in [0, 0.05) is 23.9 Å². The molecule has 1 aliphatic heterocycles. The first-order valence-electron chi connectivity index (χ1n) is 7.56. The standard InChI is InChI=1S/C18H16N2O5/c21-14-6-5-10(7-15(14)22)16(23)9-19-8-13-11-3-1-2-4-12(11)17(24)20-18(13)25/h1-8,16,19,21-23H,9H2,(H,20,24,25)/b13-8-. The van der Waals surface area contributed by atoms with Gasteiger partial charge in [0.15, 0.2) is 11.5 Å². The Bertz CT molecular complexity index is 876. The maximum absolute atomic E-state index is 12.0. The van der Waals surface area contributed by atoms with Crippen molar-refractivity contribution in [3.8, 4) is 11.5 Å². The molecule has 1 heterocycles. The van der Waals surface area contributed by atoms with E-state index in [2.05, 4.69) is 10.6 Å². The Morgan fingerprint density at radius 2 is 1.72 bits per heavy atom. The van der Waals surface area contributed by atoms with Crippen molar-refractivity contribution in [1.82, 2.24) is 10.6 Å². The highest BCUT2D eigenvalue weighted by Crippen LogP contribution is 2.28. The smallest absolute Gasteiger partial charge is 0.260 e. The fraction of sp³-hybridized carbons (Fsp3) is 0.111. The van der Waals surface area contributed by atoms with Crippen LogP contribution in [-0.2, 0) is 4.79 Å². The molecular formula is C18H16N2O5. The number of aromatic hydroxyl groups is 2. The number of aliphatic hydroxyl groups excluding tert-OH is 1. The number of benzene rings is 2. The number of fused-ring (bicyclic) bond motifs is 1. The Balaban J connectivity index is 1.75. The fourth-order valence-corrected chi connectivity index (χ4v) is 2.56. The van der Waals surface area contributed by atoms with E-state index in [1.54, 1.807) is 24.3 Å². The Hall–Kier alpha value is -3.32. The predicted octanol–water partition coefficient (Wildman–Crippen LogP) is 1.03. The maximum Gasteiger partial charge on any atom is 0.260 e. The van der Waals surface area contributed by atoms with Gasteiger partial charge in [-0.15, -0.1) is 0 Å². The second-order valence-corrected chi connectivity index (χ2v) is 5.56. The van der Waals surface area contributed by atoms with Gasteiger partial charge in [0.25, 0.3) is 11.8 Å². The number of imide groups is 1. The largest absolute Gasteiger partial charge is 0.504 e. The van der Waals surface area contributed by atoms with Gasteiger partial charge in [0.2, 0.25) is 0 Å². The molecule has 0 saturated heterocycles. The van der Waals surface area contributed by atoms with Gasteiger partial charge >= 0.3 is 0 Å². The molecule has 1 aliphatic rings. The van der Waals surface area contributed by atoms with Crippen LogP contribution in [0, 0.1) is 0 Å². The first-order valence-corrected chi connectivity index (χ1v) is 7.56. The number of aliphatic hydroxyl groups is 1. The van der Waals surface area contributed by atoms with Crippen LogP contribution in [-0.4, -0.2) is 33.7 Å². The van der Waals surface area contributed by atoms with Crippen LogP contribution in [0.2, 0.25) is 0 Å². The van der Waals surface area contributed by atoms with Crippen molar-refractivity contribution in [2.45, 2.75) is 6.10 Å². The van der Waals surface area contributed by atoms with E-state index in [0.717, 1.165) is 0 Å². The molecule has 2 aromatic carbocycles. The third-order valence-electron chi connectivity index (χ3n) is 3.88. The van der Waals surface area contributed by atoms with Gasteiger partial charge in [-0.25, -0.2) is 0 Å². The van der Waals surface area contributed by atoms with Crippen LogP contribution < -0.4 is 10.6 Å². The average Bonchev–Trinajstić information content (AvgIpc) is 2.60. The predicted molar refractivity (Wildman–Crippen MR) is 89.6 cm³/mol. The van der Waals surface area contributed by atoms with Crippen molar-refractivity contribution in [2.24, 2.45) is 0 Å². The molecule has 7 heteroatoms. The van der Waals surface area contributed by atoms with Crippen molar-refractivity contribution in [3.05, 3.63) is 65.4 Å². The number of rotatable bonds is 4. The molecule has 128 valence electrons. The van der Waals surface area contributed by atoms with Crippen molar-refractivity contribution < 1.29 is 24.9 Å². The zero-order chi connectivity index (χ0) is 18.0. The molecule has 25 heavy (non-hydrogen) atoms. The molecule has 0 aliphatic carbocycles. The molecule has 0 fully saturated rings. The van der Waals surface area contributed by atoms with Gasteiger partial charge in [0.1, 0.15) is 0 Å². The number of carbonyl (C=O) groups excluding carboxylic acids is 2. The number of hydrogen-bond donors (Lipinski definition) is 5. The minimum absolute atomic E-state index is 0.0666. The van der Waals surface area contributed by atoms with Crippen molar-refractivity contribution in [1.29, 1.82) is 0 Å². The highest BCUT2D eigenvalue weighted by Gasteiger charge is 2.26. The van der Waals surface area contributed by atoms with Gasteiger partial charge in [-0.05, 0) is 23.8 Å². The van der Waals surface area contributed by atoms with Crippen LogP contribution in [0.15, 0.2) is 48.7 Å². The fourth-order valence-electron chi connectivity index (χ4n) is 2.56. The van der Waals surface area contributed by atoms with Crippen LogP contribution in [0.4, 0.5) is 0 Å². The number of carbonyl (C=O) groups is 2. The molecule has 3 rings (SSSR count). The lowest BCUT2D eigenvalue weighted by atomic mass is 9.95. The van der Waals surface area contributed by atoms with E-state index in [1.165, 1.54) is 24.4 Å². The van der Waals surface area contributed by atoms with Crippen LogP contribution in [0.3, 0.4) is 0 Å². The highest BCUT2D eigenvalue weighted by atomic mass is 16.3. The van der Waals surface area contributed by atoms with Crippen molar-refractivity contribution >= 4 is 17.4 Å². The number of nitrogens with one attached hydrogen (secondary N) is 2. The molecule has 0 saturated carbocycles. The van der Waals surface area contributed by atoms with Gasteiger partial charge in [0.05, 0.1) is 11.7 Å². The van der Waals surface area contributed by atoms with Crippen LogP contribution >= 0.6 is 0 Å². The minimum atomic E-state index is -0.966. The number of amides is 2. The summed E-state index contributed by atoms with van der Waals surface area (Å²) in [6.45, 7) is 0.0666. The normalized spacial score (nSPS) is 16.3. The van der Waals surface area contributed by atoms with Gasteiger partial charge in [-0.1, -0.05) is 24.3 Å². The summed E-state index contributed by atoms with van der Waals surface area (Å²) in [5.41, 5.74) is 1.61. The molecule has 0 radical (unpaired) electrons. The molecule has 7 nitrogen and oxygen atoms in total. The second kappa shape index (κ2) is 6.66. The molecule has 0 bridgehead atoms. The number of phenols is 2. The molecule has 2 aromatic rings. The maximum atomic E-state index is 12.0. The number of phenolic OH excluding ortho intramolecular Hbond substituents is 2. The second-order valence-electron chi connectivity index (χ2n) is 5.56. The minimum Gasteiger partial charge on any atom is -0.504 e. The van der Waals surface area contributed by atoms with Crippen molar-refractivity contribution in [2.75, 3.05) is 6.54 Å². The van der Waals surface area contributed by atoms with Gasteiger partial charge < -0.3 is 20.6 Å². The average molecular weight is 340 g/mol. The Labute approximate surface area is 143 Å². The summed E-state index contributed by atoms with van der Waals surface area (Å²) in [6.07, 6.45) is 0.469. The molecule has 0 spiro atoms. The zero-order valence-corrected chi connectivity index (χ0v) is 13.1. The summed E-state index contributed by atoms with van der Waals surface area (Å²) in [5.74, 6) is -1.56. The van der Waals surface area contributed by atoms with Crippen molar-refractivity contribution in [3.63, 3.8) is 0 Å². The van der Waals surface area contributed by atoms with E-state index < -0.39 is 17.9 Å².